The van der Waals surface area contributed by atoms with E-state index in [1.807, 2.05) is 0 Å². The number of hydrogen-bond acceptors (Lipinski definition) is 0. The minimum Gasteiger partial charge on any atom is -1.00 e. The minimum absolute atomic E-state index is 0. The first-order chi connectivity index (χ1) is 7.86. The summed E-state index contributed by atoms with van der Waals surface area (Å²) in [5, 5.41) is 2.37. The highest BCUT2D eigenvalue weighted by atomic mass is 35.5. The van der Waals surface area contributed by atoms with Crippen LogP contribution in [0.3, 0.4) is 0 Å². The SMILES string of the molecule is CC([NH2+]Cc1ccccc1)c1ccccc1.[Cl-]. The van der Waals surface area contributed by atoms with Gasteiger partial charge in [-0.15, -0.1) is 0 Å². The van der Waals surface area contributed by atoms with E-state index in [1.165, 1.54) is 11.1 Å². The Kier molecular flexibility index (Phi) is 5.75. The fraction of sp³-hybridized carbons (Fsp3) is 0.200. The Morgan fingerprint density at radius 3 is 2.00 bits per heavy atom. The predicted octanol–water partition coefficient (Wildman–Crippen LogP) is -0.485. The third-order valence-corrected chi connectivity index (χ3v) is 2.88. The monoisotopic (exact) mass is 247 g/mol. The van der Waals surface area contributed by atoms with Crippen molar-refractivity contribution < 1.29 is 17.7 Å². The molecule has 0 fully saturated rings. The van der Waals surface area contributed by atoms with E-state index < -0.39 is 0 Å². The van der Waals surface area contributed by atoms with Gasteiger partial charge in [0.25, 0.3) is 0 Å². The summed E-state index contributed by atoms with van der Waals surface area (Å²) in [6.45, 7) is 3.29. The van der Waals surface area contributed by atoms with Crippen LogP contribution >= 0.6 is 0 Å². The minimum atomic E-state index is 0. The van der Waals surface area contributed by atoms with Crippen LogP contribution in [0, 0.1) is 0 Å². The second-order valence-corrected chi connectivity index (χ2v) is 4.12. The smallest absolute Gasteiger partial charge is 0.109 e. The molecule has 1 atom stereocenters. The average molecular weight is 248 g/mol. The van der Waals surface area contributed by atoms with Crippen molar-refractivity contribution in [2.24, 2.45) is 0 Å². The lowest BCUT2D eigenvalue weighted by molar-refractivity contribution is -0.707. The van der Waals surface area contributed by atoms with Crippen LogP contribution in [0.25, 0.3) is 0 Å². The van der Waals surface area contributed by atoms with Crippen LogP contribution in [0.2, 0.25) is 0 Å². The summed E-state index contributed by atoms with van der Waals surface area (Å²) in [5.74, 6) is 0. The van der Waals surface area contributed by atoms with Gasteiger partial charge < -0.3 is 17.7 Å². The van der Waals surface area contributed by atoms with E-state index in [0.717, 1.165) is 6.54 Å². The quantitative estimate of drug-likeness (QED) is 0.752. The van der Waals surface area contributed by atoms with Crippen molar-refractivity contribution in [1.82, 2.24) is 0 Å². The highest BCUT2D eigenvalue weighted by Crippen LogP contribution is 2.06. The molecule has 0 amide bonds. The second kappa shape index (κ2) is 7.10. The van der Waals surface area contributed by atoms with E-state index >= 15 is 0 Å². The summed E-state index contributed by atoms with van der Waals surface area (Å²) in [6, 6.07) is 21.7. The molecule has 0 spiro atoms. The molecule has 0 saturated carbocycles. The van der Waals surface area contributed by atoms with Gasteiger partial charge in [-0.2, -0.15) is 0 Å². The van der Waals surface area contributed by atoms with E-state index in [9.17, 15) is 0 Å². The fourth-order valence-electron chi connectivity index (χ4n) is 1.82. The Hall–Kier alpha value is -1.31. The molecule has 2 aromatic carbocycles. The van der Waals surface area contributed by atoms with E-state index in [1.54, 1.807) is 0 Å². The Balaban J connectivity index is 0.00000144. The van der Waals surface area contributed by atoms with Crippen molar-refractivity contribution in [3.63, 3.8) is 0 Å². The molecule has 0 aliphatic rings. The summed E-state index contributed by atoms with van der Waals surface area (Å²) >= 11 is 0. The molecule has 0 heterocycles. The molecule has 17 heavy (non-hydrogen) atoms. The van der Waals surface area contributed by atoms with Gasteiger partial charge in [-0.1, -0.05) is 60.7 Å². The van der Waals surface area contributed by atoms with Gasteiger partial charge in [0, 0.05) is 11.1 Å². The molecule has 2 rings (SSSR count). The highest BCUT2D eigenvalue weighted by molar-refractivity contribution is 5.16. The molecular weight excluding hydrogens is 230 g/mol. The number of benzene rings is 2. The molecule has 0 aliphatic carbocycles. The van der Waals surface area contributed by atoms with Gasteiger partial charge in [0.05, 0.1) is 0 Å². The molecule has 2 N–H and O–H groups in total. The summed E-state index contributed by atoms with van der Waals surface area (Å²) in [7, 11) is 0. The second-order valence-electron chi connectivity index (χ2n) is 4.12. The van der Waals surface area contributed by atoms with Gasteiger partial charge in [-0.05, 0) is 6.92 Å². The first-order valence-electron chi connectivity index (χ1n) is 5.78. The largest absolute Gasteiger partial charge is 1.00 e. The molecule has 0 aliphatic heterocycles. The Bertz CT molecular complexity index is 413. The van der Waals surface area contributed by atoms with E-state index in [-0.39, 0.29) is 12.4 Å². The Labute approximate surface area is 109 Å². The van der Waals surface area contributed by atoms with E-state index in [4.69, 9.17) is 0 Å². The molecule has 0 bridgehead atoms. The van der Waals surface area contributed by atoms with Crippen LogP contribution < -0.4 is 17.7 Å². The van der Waals surface area contributed by atoms with Crippen LogP contribution in [0.1, 0.15) is 24.1 Å². The lowest BCUT2D eigenvalue weighted by atomic mass is 10.1. The van der Waals surface area contributed by atoms with E-state index in [2.05, 4.69) is 72.9 Å². The lowest BCUT2D eigenvalue weighted by Gasteiger charge is -2.10. The molecule has 1 nitrogen and oxygen atoms in total. The molecule has 0 radical (unpaired) electrons. The van der Waals surface area contributed by atoms with Crippen LogP contribution in [-0.4, -0.2) is 0 Å². The molecule has 0 saturated heterocycles. The van der Waals surface area contributed by atoms with E-state index in [0.29, 0.717) is 6.04 Å². The van der Waals surface area contributed by atoms with Gasteiger partial charge >= 0.3 is 0 Å². The number of hydrogen-bond donors (Lipinski definition) is 1. The third-order valence-electron chi connectivity index (χ3n) is 2.88. The predicted molar refractivity (Wildman–Crippen MR) is 66.9 cm³/mol. The van der Waals surface area contributed by atoms with Gasteiger partial charge in [0.2, 0.25) is 0 Å². The topological polar surface area (TPSA) is 16.6 Å². The van der Waals surface area contributed by atoms with Gasteiger partial charge in [0.1, 0.15) is 12.6 Å². The molecule has 0 aromatic heterocycles. The molecule has 2 heteroatoms. The summed E-state index contributed by atoms with van der Waals surface area (Å²) in [4.78, 5) is 0. The molecule has 90 valence electrons. The van der Waals surface area contributed by atoms with Gasteiger partial charge in [-0.25, -0.2) is 0 Å². The third kappa shape index (κ3) is 4.22. The zero-order chi connectivity index (χ0) is 11.2. The standard InChI is InChI=1S/C15H17N.ClH/c1-13(15-10-6-3-7-11-15)16-12-14-8-4-2-5-9-14;/h2-11,13,16H,12H2,1H3;1H. The Morgan fingerprint density at radius 1 is 0.882 bits per heavy atom. The fourth-order valence-corrected chi connectivity index (χ4v) is 1.82. The highest BCUT2D eigenvalue weighted by Gasteiger charge is 2.06. The summed E-state index contributed by atoms with van der Waals surface area (Å²) in [6.07, 6.45) is 0. The van der Waals surface area contributed by atoms with Crippen LogP contribution in [0.5, 0.6) is 0 Å². The number of nitrogens with two attached hydrogens (primary N) is 1. The van der Waals surface area contributed by atoms with Gasteiger partial charge in [0.15, 0.2) is 0 Å². The molecular formula is C15H18ClN. The van der Waals surface area contributed by atoms with Crippen LogP contribution in [-0.2, 0) is 6.54 Å². The average Bonchev–Trinajstić information content (AvgIpc) is 2.38. The zero-order valence-electron chi connectivity index (χ0n) is 10.0. The van der Waals surface area contributed by atoms with Crippen molar-refractivity contribution in [2.75, 3.05) is 0 Å². The maximum Gasteiger partial charge on any atom is 0.109 e. The van der Waals surface area contributed by atoms with Crippen molar-refractivity contribution >= 4 is 0 Å². The number of halogens is 1. The summed E-state index contributed by atoms with van der Waals surface area (Å²) in [5.41, 5.74) is 2.77. The van der Waals surface area contributed by atoms with Gasteiger partial charge in [-0.3, -0.25) is 0 Å². The van der Waals surface area contributed by atoms with Crippen molar-refractivity contribution in [1.29, 1.82) is 0 Å². The number of rotatable bonds is 4. The van der Waals surface area contributed by atoms with Crippen molar-refractivity contribution in [2.45, 2.75) is 19.5 Å². The maximum absolute atomic E-state index is 2.37. The van der Waals surface area contributed by atoms with Crippen LogP contribution in [0.15, 0.2) is 60.7 Å². The lowest BCUT2D eigenvalue weighted by Crippen LogP contribution is -3.00. The van der Waals surface area contributed by atoms with Crippen molar-refractivity contribution in [3.05, 3.63) is 71.8 Å². The first-order valence-corrected chi connectivity index (χ1v) is 5.78. The van der Waals surface area contributed by atoms with Crippen LogP contribution in [0.4, 0.5) is 0 Å². The molecule has 2 aromatic rings. The van der Waals surface area contributed by atoms with Crippen molar-refractivity contribution in [3.8, 4) is 0 Å². The molecule has 1 unspecified atom stereocenters. The zero-order valence-corrected chi connectivity index (χ0v) is 10.8. The summed E-state index contributed by atoms with van der Waals surface area (Å²) < 4.78 is 0. The number of quaternary nitrogens is 1. The Morgan fingerprint density at radius 2 is 1.41 bits per heavy atom. The maximum atomic E-state index is 2.37. The normalized spacial score (nSPS) is 11.6. The first kappa shape index (κ1) is 13.8.